The van der Waals surface area contributed by atoms with E-state index in [-0.39, 0.29) is 5.91 Å². The molecule has 21 heavy (non-hydrogen) atoms. The number of carbonyl (C=O) groups excluding carboxylic acids is 1. The molecule has 2 aliphatic heterocycles. The molecule has 0 unspecified atom stereocenters. The number of piperidine rings is 1. The molecule has 2 aliphatic rings. The highest BCUT2D eigenvalue weighted by atomic mass is 79.9. The topological polar surface area (TPSA) is 32.7 Å². The van der Waals surface area contributed by atoms with Gasteiger partial charge in [-0.1, -0.05) is 28.1 Å². The first kappa shape index (κ1) is 14.9. The average Bonchev–Trinajstić information content (AvgIpc) is 2.83. The third-order valence-corrected chi connectivity index (χ3v) is 5.38. The number of rotatable bonds is 1. The van der Waals surface area contributed by atoms with Gasteiger partial charge in [0.05, 0.1) is 4.91 Å². The Hall–Kier alpha value is -1.07. The minimum absolute atomic E-state index is 0.115. The Kier molecular flexibility index (Phi) is 4.50. The fourth-order valence-electron chi connectivity index (χ4n) is 2.61. The number of nitrogens with zero attached hydrogens (tertiary/aromatic N) is 2. The lowest BCUT2D eigenvalue weighted by atomic mass is 10.1. The Morgan fingerprint density at radius 2 is 2.10 bits per heavy atom. The van der Waals surface area contributed by atoms with Crippen molar-refractivity contribution in [2.24, 2.45) is 4.99 Å². The van der Waals surface area contributed by atoms with E-state index in [1.165, 1.54) is 31.0 Å². The number of carbonyl (C=O) groups is 1. The van der Waals surface area contributed by atoms with Crippen LogP contribution in [-0.4, -0.2) is 28.6 Å². The number of benzene rings is 1. The molecule has 1 aromatic rings. The molecule has 0 N–H and O–H groups in total. The summed E-state index contributed by atoms with van der Waals surface area (Å²) < 4.78 is 1.04. The Balaban J connectivity index is 1.76. The van der Waals surface area contributed by atoms with Gasteiger partial charge in [0.15, 0.2) is 5.17 Å². The fourth-order valence-corrected chi connectivity index (χ4v) is 3.92. The molecule has 5 heteroatoms. The lowest BCUT2D eigenvalue weighted by Gasteiger charge is -2.34. The van der Waals surface area contributed by atoms with E-state index in [4.69, 9.17) is 0 Å². The van der Waals surface area contributed by atoms with Crippen LogP contribution in [0, 0.1) is 0 Å². The van der Waals surface area contributed by atoms with Crippen LogP contribution < -0.4 is 0 Å². The van der Waals surface area contributed by atoms with Crippen molar-refractivity contribution in [2.75, 3.05) is 6.54 Å². The molecule has 1 atom stereocenters. The summed E-state index contributed by atoms with van der Waals surface area (Å²) >= 11 is 4.92. The Morgan fingerprint density at radius 3 is 2.81 bits per heavy atom. The van der Waals surface area contributed by atoms with Crippen LogP contribution in [0.3, 0.4) is 0 Å². The van der Waals surface area contributed by atoms with E-state index < -0.39 is 0 Å². The fraction of sp³-hybridized carbons (Fsp3) is 0.375. The Bertz CT molecular complexity index is 609. The number of aliphatic imine (C=N–C) groups is 1. The van der Waals surface area contributed by atoms with Crippen LogP contribution >= 0.6 is 27.7 Å². The highest BCUT2D eigenvalue weighted by molar-refractivity contribution is 9.10. The maximum absolute atomic E-state index is 12.1. The van der Waals surface area contributed by atoms with Crippen molar-refractivity contribution in [3.8, 4) is 0 Å². The number of halogens is 1. The molecule has 110 valence electrons. The minimum Gasteiger partial charge on any atom is -0.348 e. The van der Waals surface area contributed by atoms with Crippen molar-refractivity contribution in [3.05, 3.63) is 39.2 Å². The van der Waals surface area contributed by atoms with Crippen molar-refractivity contribution in [3.63, 3.8) is 0 Å². The molecule has 3 nitrogen and oxygen atoms in total. The summed E-state index contributed by atoms with van der Waals surface area (Å²) in [5, 5.41) is 0.871. The van der Waals surface area contributed by atoms with Crippen LogP contribution in [0.1, 0.15) is 31.7 Å². The molecule has 0 aromatic heterocycles. The zero-order chi connectivity index (χ0) is 14.8. The van der Waals surface area contributed by atoms with Crippen LogP contribution in [0.4, 0.5) is 0 Å². The standard InChI is InChI=1S/C16H17BrN2OS/c1-11-4-2-3-9-19(11)16-18-15(20)14(21-16)10-12-5-7-13(17)8-6-12/h5-8,10-11H,2-4,9H2,1H3/b14-10+/t11-/m0/s1. The summed E-state index contributed by atoms with van der Waals surface area (Å²) in [6.45, 7) is 3.22. The summed E-state index contributed by atoms with van der Waals surface area (Å²) in [4.78, 5) is 19.3. The lowest BCUT2D eigenvalue weighted by molar-refractivity contribution is -0.113. The smallest absolute Gasteiger partial charge is 0.286 e. The normalized spacial score (nSPS) is 24.6. The van der Waals surface area contributed by atoms with Gasteiger partial charge in [-0.3, -0.25) is 4.79 Å². The molecule has 2 heterocycles. The van der Waals surface area contributed by atoms with Gasteiger partial charge < -0.3 is 4.90 Å². The third-order valence-electron chi connectivity index (χ3n) is 3.83. The second kappa shape index (κ2) is 6.36. The largest absolute Gasteiger partial charge is 0.348 e. The summed E-state index contributed by atoms with van der Waals surface area (Å²) in [5.74, 6) is -0.115. The van der Waals surface area contributed by atoms with Gasteiger partial charge in [0.2, 0.25) is 0 Å². The van der Waals surface area contributed by atoms with Crippen LogP contribution in [0.2, 0.25) is 0 Å². The Labute approximate surface area is 137 Å². The molecule has 1 fully saturated rings. The van der Waals surface area contributed by atoms with E-state index in [0.29, 0.717) is 10.9 Å². The van der Waals surface area contributed by atoms with Gasteiger partial charge in [-0.2, -0.15) is 4.99 Å². The minimum atomic E-state index is -0.115. The van der Waals surface area contributed by atoms with E-state index in [9.17, 15) is 4.79 Å². The van der Waals surface area contributed by atoms with Gasteiger partial charge in [0.1, 0.15) is 0 Å². The second-order valence-electron chi connectivity index (χ2n) is 5.40. The molecular weight excluding hydrogens is 348 g/mol. The van der Waals surface area contributed by atoms with Crippen molar-refractivity contribution >= 4 is 44.8 Å². The van der Waals surface area contributed by atoms with E-state index in [0.717, 1.165) is 21.7 Å². The quantitative estimate of drug-likeness (QED) is 0.696. The van der Waals surface area contributed by atoms with Crippen LogP contribution in [-0.2, 0) is 4.79 Å². The number of thioether (sulfide) groups is 1. The molecule has 1 aromatic carbocycles. The lowest BCUT2D eigenvalue weighted by Crippen LogP contribution is -2.40. The van der Waals surface area contributed by atoms with Crippen LogP contribution in [0.15, 0.2) is 38.6 Å². The highest BCUT2D eigenvalue weighted by Gasteiger charge is 2.29. The number of amides is 1. The highest BCUT2D eigenvalue weighted by Crippen LogP contribution is 2.33. The third kappa shape index (κ3) is 3.40. The van der Waals surface area contributed by atoms with E-state index in [1.807, 2.05) is 30.3 Å². The first-order chi connectivity index (χ1) is 10.1. The first-order valence-electron chi connectivity index (χ1n) is 7.18. The van der Waals surface area contributed by atoms with Crippen molar-refractivity contribution in [1.29, 1.82) is 0 Å². The van der Waals surface area contributed by atoms with E-state index >= 15 is 0 Å². The SMILES string of the molecule is C[C@H]1CCCCN1C1=NC(=O)/C(=C\c2ccc(Br)cc2)S1. The van der Waals surface area contributed by atoms with Gasteiger partial charge in [-0.15, -0.1) is 0 Å². The summed E-state index contributed by atoms with van der Waals surface area (Å²) in [7, 11) is 0. The maximum atomic E-state index is 12.1. The molecule has 1 amide bonds. The van der Waals surface area contributed by atoms with Crippen LogP contribution in [0.5, 0.6) is 0 Å². The predicted octanol–water partition coefficient (Wildman–Crippen LogP) is 4.29. The summed E-state index contributed by atoms with van der Waals surface area (Å²) in [5.41, 5.74) is 1.03. The monoisotopic (exact) mass is 364 g/mol. The summed E-state index contributed by atoms with van der Waals surface area (Å²) in [6.07, 6.45) is 5.55. The zero-order valence-electron chi connectivity index (χ0n) is 11.9. The second-order valence-corrected chi connectivity index (χ2v) is 7.32. The van der Waals surface area contributed by atoms with E-state index in [2.05, 4.69) is 32.7 Å². The van der Waals surface area contributed by atoms with Crippen LogP contribution in [0.25, 0.3) is 6.08 Å². The molecule has 3 rings (SSSR count). The van der Waals surface area contributed by atoms with Gasteiger partial charge >= 0.3 is 0 Å². The molecule has 0 spiro atoms. The predicted molar refractivity (Wildman–Crippen MR) is 92.2 cm³/mol. The number of amidine groups is 1. The number of likely N-dealkylation sites (tertiary alicyclic amines) is 1. The molecular formula is C16H17BrN2OS. The number of hydrogen-bond donors (Lipinski definition) is 0. The molecule has 1 saturated heterocycles. The molecule has 0 saturated carbocycles. The first-order valence-corrected chi connectivity index (χ1v) is 8.79. The Morgan fingerprint density at radius 1 is 1.33 bits per heavy atom. The van der Waals surface area contributed by atoms with Gasteiger partial charge in [-0.05, 0) is 61.7 Å². The molecule has 0 radical (unpaired) electrons. The molecule has 0 aliphatic carbocycles. The van der Waals surface area contributed by atoms with Crippen molar-refractivity contribution < 1.29 is 4.79 Å². The zero-order valence-corrected chi connectivity index (χ0v) is 14.3. The van der Waals surface area contributed by atoms with Gasteiger partial charge in [0.25, 0.3) is 5.91 Å². The number of hydrogen-bond acceptors (Lipinski definition) is 3. The van der Waals surface area contributed by atoms with E-state index in [1.54, 1.807) is 0 Å². The average molecular weight is 365 g/mol. The maximum Gasteiger partial charge on any atom is 0.286 e. The van der Waals surface area contributed by atoms with Crippen molar-refractivity contribution in [2.45, 2.75) is 32.2 Å². The molecule has 0 bridgehead atoms. The van der Waals surface area contributed by atoms with Gasteiger partial charge in [0, 0.05) is 17.1 Å². The van der Waals surface area contributed by atoms with Gasteiger partial charge in [-0.25, -0.2) is 0 Å². The van der Waals surface area contributed by atoms with Crippen molar-refractivity contribution in [1.82, 2.24) is 4.90 Å². The summed E-state index contributed by atoms with van der Waals surface area (Å²) in [6, 6.07) is 8.42.